The summed E-state index contributed by atoms with van der Waals surface area (Å²) in [7, 11) is 1.86. The van der Waals surface area contributed by atoms with Crippen molar-refractivity contribution < 1.29 is 4.39 Å². The summed E-state index contributed by atoms with van der Waals surface area (Å²) >= 11 is 0. The molecule has 0 amide bonds. The SMILES string of the molecule is CNc1cc(NCCc2ccc(F)cc2)nc(C2CC2)n1. The molecule has 1 fully saturated rings. The minimum absolute atomic E-state index is 0.199. The van der Waals surface area contributed by atoms with E-state index >= 15 is 0 Å². The predicted octanol–water partition coefficient (Wildman–Crippen LogP) is 3.19. The van der Waals surface area contributed by atoms with Gasteiger partial charge in [0.15, 0.2) is 0 Å². The highest BCUT2D eigenvalue weighted by molar-refractivity contribution is 5.48. The molecule has 0 radical (unpaired) electrons. The van der Waals surface area contributed by atoms with Gasteiger partial charge in [-0.15, -0.1) is 0 Å². The molecule has 1 aromatic carbocycles. The average Bonchev–Trinajstić information content (AvgIpc) is 3.34. The molecule has 0 aliphatic heterocycles. The molecule has 1 heterocycles. The fourth-order valence-electron chi connectivity index (χ4n) is 2.19. The zero-order valence-corrected chi connectivity index (χ0v) is 12.1. The topological polar surface area (TPSA) is 49.8 Å². The largest absolute Gasteiger partial charge is 0.373 e. The third kappa shape index (κ3) is 3.68. The first kappa shape index (κ1) is 13.8. The summed E-state index contributed by atoms with van der Waals surface area (Å²) in [5.74, 6) is 2.94. The van der Waals surface area contributed by atoms with E-state index in [1.807, 2.05) is 25.2 Å². The second kappa shape index (κ2) is 6.08. The predicted molar refractivity (Wildman–Crippen MR) is 82.1 cm³/mol. The number of nitrogens with one attached hydrogen (secondary N) is 2. The van der Waals surface area contributed by atoms with Crippen molar-refractivity contribution in [3.05, 3.63) is 47.5 Å². The number of anilines is 2. The van der Waals surface area contributed by atoms with E-state index in [0.717, 1.165) is 36.0 Å². The van der Waals surface area contributed by atoms with Crippen LogP contribution in [-0.2, 0) is 6.42 Å². The van der Waals surface area contributed by atoms with Gasteiger partial charge in [-0.25, -0.2) is 14.4 Å². The summed E-state index contributed by atoms with van der Waals surface area (Å²) in [6.07, 6.45) is 3.20. The standard InChI is InChI=1S/C16H19FN4/c1-18-14-10-15(21-16(20-14)12-4-5-12)19-9-8-11-2-6-13(17)7-3-11/h2-3,6-7,10,12H,4-5,8-9H2,1H3,(H2,18,19,20,21). The van der Waals surface area contributed by atoms with E-state index in [9.17, 15) is 4.39 Å². The average molecular weight is 286 g/mol. The Labute approximate surface area is 123 Å². The van der Waals surface area contributed by atoms with Crippen LogP contribution in [0.25, 0.3) is 0 Å². The van der Waals surface area contributed by atoms with Crippen LogP contribution in [0.5, 0.6) is 0 Å². The van der Waals surface area contributed by atoms with Crippen LogP contribution in [0.4, 0.5) is 16.0 Å². The highest BCUT2D eigenvalue weighted by Gasteiger charge is 2.27. The van der Waals surface area contributed by atoms with Gasteiger partial charge in [0.05, 0.1) is 0 Å². The van der Waals surface area contributed by atoms with Gasteiger partial charge in [0.2, 0.25) is 0 Å². The number of rotatable bonds is 6. The molecule has 0 unspecified atom stereocenters. The summed E-state index contributed by atoms with van der Waals surface area (Å²) in [6, 6.07) is 8.52. The molecule has 0 spiro atoms. The molecule has 21 heavy (non-hydrogen) atoms. The molecule has 2 aromatic rings. The van der Waals surface area contributed by atoms with Gasteiger partial charge in [-0.2, -0.15) is 0 Å². The van der Waals surface area contributed by atoms with Gasteiger partial charge in [0.1, 0.15) is 23.3 Å². The van der Waals surface area contributed by atoms with Gasteiger partial charge in [0.25, 0.3) is 0 Å². The second-order valence-electron chi connectivity index (χ2n) is 5.32. The fourth-order valence-corrected chi connectivity index (χ4v) is 2.19. The second-order valence-corrected chi connectivity index (χ2v) is 5.32. The number of halogens is 1. The Morgan fingerprint density at radius 1 is 1.14 bits per heavy atom. The van der Waals surface area contributed by atoms with Crippen LogP contribution >= 0.6 is 0 Å². The summed E-state index contributed by atoms with van der Waals surface area (Å²) in [6.45, 7) is 0.760. The van der Waals surface area contributed by atoms with Crippen molar-refractivity contribution in [1.29, 1.82) is 0 Å². The van der Waals surface area contributed by atoms with Gasteiger partial charge in [-0.1, -0.05) is 12.1 Å². The first-order valence-corrected chi connectivity index (χ1v) is 7.29. The van der Waals surface area contributed by atoms with Crippen molar-refractivity contribution in [2.45, 2.75) is 25.2 Å². The van der Waals surface area contributed by atoms with Crippen molar-refractivity contribution in [2.24, 2.45) is 0 Å². The number of hydrogen-bond acceptors (Lipinski definition) is 4. The fraction of sp³-hybridized carbons (Fsp3) is 0.375. The van der Waals surface area contributed by atoms with Gasteiger partial charge < -0.3 is 10.6 Å². The van der Waals surface area contributed by atoms with Crippen LogP contribution in [0.1, 0.15) is 30.1 Å². The number of aromatic nitrogens is 2. The third-order valence-corrected chi connectivity index (χ3v) is 3.58. The van der Waals surface area contributed by atoms with Crippen LogP contribution in [0.2, 0.25) is 0 Å². The van der Waals surface area contributed by atoms with E-state index in [4.69, 9.17) is 0 Å². The lowest BCUT2D eigenvalue weighted by Crippen LogP contribution is -2.09. The van der Waals surface area contributed by atoms with E-state index in [2.05, 4.69) is 20.6 Å². The van der Waals surface area contributed by atoms with Crippen molar-refractivity contribution in [3.8, 4) is 0 Å². The van der Waals surface area contributed by atoms with Gasteiger partial charge in [-0.3, -0.25) is 0 Å². The molecule has 5 heteroatoms. The molecule has 1 saturated carbocycles. The molecule has 3 rings (SSSR count). The maximum Gasteiger partial charge on any atom is 0.136 e. The Hall–Kier alpha value is -2.17. The lowest BCUT2D eigenvalue weighted by molar-refractivity contribution is 0.627. The molecule has 0 saturated heterocycles. The zero-order valence-electron chi connectivity index (χ0n) is 12.1. The third-order valence-electron chi connectivity index (χ3n) is 3.58. The summed E-state index contributed by atoms with van der Waals surface area (Å²) in [5, 5.41) is 6.39. The van der Waals surface area contributed by atoms with Crippen molar-refractivity contribution in [3.63, 3.8) is 0 Å². The first-order valence-electron chi connectivity index (χ1n) is 7.29. The van der Waals surface area contributed by atoms with Gasteiger partial charge in [0, 0.05) is 25.6 Å². The minimum Gasteiger partial charge on any atom is -0.373 e. The molecule has 110 valence electrons. The maximum absolute atomic E-state index is 12.8. The molecule has 0 atom stereocenters. The van der Waals surface area contributed by atoms with Crippen LogP contribution < -0.4 is 10.6 Å². The van der Waals surface area contributed by atoms with Crippen molar-refractivity contribution >= 4 is 11.6 Å². The highest BCUT2D eigenvalue weighted by atomic mass is 19.1. The lowest BCUT2D eigenvalue weighted by Gasteiger charge is -2.09. The summed E-state index contributed by atoms with van der Waals surface area (Å²) < 4.78 is 12.8. The molecular formula is C16H19FN4. The van der Waals surface area contributed by atoms with Gasteiger partial charge in [-0.05, 0) is 37.0 Å². The van der Waals surface area contributed by atoms with Crippen LogP contribution in [-0.4, -0.2) is 23.6 Å². The Kier molecular flexibility index (Phi) is 3.99. The van der Waals surface area contributed by atoms with Gasteiger partial charge >= 0.3 is 0 Å². The molecule has 1 aliphatic carbocycles. The van der Waals surface area contributed by atoms with E-state index in [1.54, 1.807) is 0 Å². The number of nitrogens with zero attached hydrogens (tertiary/aromatic N) is 2. The molecule has 2 N–H and O–H groups in total. The Balaban J connectivity index is 1.61. The van der Waals surface area contributed by atoms with Crippen LogP contribution in [0.3, 0.4) is 0 Å². The minimum atomic E-state index is -0.199. The monoisotopic (exact) mass is 286 g/mol. The Morgan fingerprint density at radius 3 is 2.52 bits per heavy atom. The smallest absolute Gasteiger partial charge is 0.136 e. The zero-order chi connectivity index (χ0) is 14.7. The molecule has 1 aliphatic rings. The van der Waals surface area contributed by atoms with E-state index in [1.165, 1.54) is 25.0 Å². The Bertz CT molecular complexity index is 608. The van der Waals surface area contributed by atoms with Crippen molar-refractivity contribution in [1.82, 2.24) is 9.97 Å². The summed E-state index contributed by atoms with van der Waals surface area (Å²) in [4.78, 5) is 9.05. The van der Waals surface area contributed by atoms with E-state index in [0.29, 0.717) is 5.92 Å². The van der Waals surface area contributed by atoms with E-state index in [-0.39, 0.29) is 5.82 Å². The molecular weight excluding hydrogens is 267 g/mol. The molecule has 4 nitrogen and oxygen atoms in total. The number of benzene rings is 1. The summed E-state index contributed by atoms with van der Waals surface area (Å²) in [5.41, 5.74) is 1.11. The molecule has 0 bridgehead atoms. The first-order chi connectivity index (χ1) is 10.2. The lowest BCUT2D eigenvalue weighted by atomic mass is 10.1. The van der Waals surface area contributed by atoms with E-state index < -0.39 is 0 Å². The maximum atomic E-state index is 12.8. The molecule has 1 aromatic heterocycles. The highest BCUT2D eigenvalue weighted by Crippen LogP contribution is 2.38. The van der Waals surface area contributed by atoms with Crippen LogP contribution in [0, 0.1) is 5.82 Å². The Morgan fingerprint density at radius 2 is 1.86 bits per heavy atom. The number of hydrogen-bond donors (Lipinski definition) is 2. The van der Waals surface area contributed by atoms with Crippen molar-refractivity contribution in [2.75, 3.05) is 24.2 Å². The van der Waals surface area contributed by atoms with Crippen LogP contribution in [0.15, 0.2) is 30.3 Å². The normalized spacial score (nSPS) is 14.0. The quantitative estimate of drug-likeness (QED) is 0.856.